The maximum absolute atomic E-state index is 5.33. The monoisotopic (exact) mass is 305 g/mol. The van der Waals surface area contributed by atoms with Gasteiger partial charge in [-0.25, -0.2) is 9.97 Å². The van der Waals surface area contributed by atoms with Crippen molar-refractivity contribution in [2.75, 3.05) is 19.1 Å². The van der Waals surface area contributed by atoms with E-state index in [1.807, 2.05) is 6.07 Å². The van der Waals surface area contributed by atoms with Gasteiger partial charge in [0.2, 0.25) is 0 Å². The predicted octanol–water partition coefficient (Wildman–Crippen LogP) is 3.90. The van der Waals surface area contributed by atoms with Crippen molar-refractivity contribution < 1.29 is 4.74 Å². The van der Waals surface area contributed by atoms with Crippen LogP contribution in [-0.4, -0.2) is 24.1 Å². The summed E-state index contributed by atoms with van der Waals surface area (Å²) in [5, 5.41) is 2.36. The number of benzene rings is 2. The van der Waals surface area contributed by atoms with Crippen LogP contribution in [0.15, 0.2) is 42.7 Å². The van der Waals surface area contributed by atoms with Gasteiger partial charge in [-0.15, -0.1) is 0 Å². The van der Waals surface area contributed by atoms with Crippen LogP contribution in [-0.2, 0) is 12.8 Å². The quantitative estimate of drug-likeness (QED) is 0.735. The predicted molar refractivity (Wildman–Crippen MR) is 92.6 cm³/mol. The van der Waals surface area contributed by atoms with E-state index in [1.54, 1.807) is 13.4 Å². The van der Waals surface area contributed by atoms with Crippen LogP contribution in [0, 0.1) is 0 Å². The third-order valence-corrected chi connectivity index (χ3v) is 4.60. The van der Waals surface area contributed by atoms with Crippen molar-refractivity contribution in [1.82, 2.24) is 9.97 Å². The first-order chi connectivity index (χ1) is 11.3. The van der Waals surface area contributed by atoms with Gasteiger partial charge in [-0.2, -0.15) is 0 Å². The average Bonchev–Trinajstić information content (AvgIpc) is 3.08. The largest absolute Gasteiger partial charge is 0.497 e. The molecular weight excluding hydrogens is 286 g/mol. The molecule has 1 aromatic heterocycles. The van der Waals surface area contributed by atoms with Gasteiger partial charge in [-0.1, -0.05) is 12.1 Å². The zero-order valence-electron chi connectivity index (χ0n) is 13.4. The molecule has 0 atom stereocenters. The zero-order valence-corrected chi connectivity index (χ0v) is 13.4. The molecule has 0 radical (unpaired) electrons. The second-order valence-electron chi connectivity index (χ2n) is 5.90. The Labute approximate surface area is 135 Å². The Bertz CT molecular complexity index is 876. The van der Waals surface area contributed by atoms with Crippen molar-refractivity contribution in [3.05, 3.63) is 54.0 Å². The van der Waals surface area contributed by atoms with E-state index in [4.69, 9.17) is 4.74 Å². The number of rotatable bonds is 3. The molecule has 4 rings (SSSR count). The lowest BCUT2D eigenvalue weighted by atomic mass is 10.1. The van der Waals surface area contributed by atoms with Gasteiger partial charge in [-0.05, 0) is 48.9 Å². The Morgan fingerprint density at radius 1 is 1.09 bits per heavy atom. The molecule has 1 aliphatic carbocycles. The van der Waals surface area contributed by atoms with Crippen LogP contribution in [0.1, 0.15) is 17.7 Å². The van der Waals surface area contributed by atoms with Crippen molar-refractivity contribution in [2.45, 2.75) is 19.3 Å². The lowest BCUT2D eigenvalue weighted by Crippen LogP contribution is -2.14. The fourth-order valence-corrected chi connectivity index (χ4v) is 3.41. The molecule has 0 spiro atoms. The summed E-state index contributed by atoms with van der Waals surface area (Å²) in [6, 6.07) is 12.5. The topological polar surface area (TPSA) is 38.2 Å². The Balaban J connectivity index is 1.84. The smallest absolute Gasteiger partial charge is 0.139 e. The number of ether oxygens (including phenoxy) is 1. The molecule has 4 nitrogen and oxygen atoms in total. The number of fused-ring (bicyclic) bond motifs is 2. The molecular formula is C19H19N3O. The second-order valence-corrected chi connectivity index (χ2v) is 5.90. The van der Waals surface area contributed by atoms with Crippen LogP contribution in [0.25, 0.3) is 10.8 Å². The molecule has 2 aromatic carbocycles. The van der Waals surface area contributed by atoms with E-state index in [-0.39, 0.29) is 0 Å². The van der Waals surface area contributed by atoms with E-state index in [2.05, 4.69) is 52.2 Å². The standard InChI is InChI=1S/C19H19N3O/c1-22(19-16-6-4-7-17(16)20-12-21-19)18-8-3-5-13-11-14(23-2)9-10-15(13)18/h3,5,8-12H,4,6-7H2,1-2H3. The summed E-state index contributed by atoms with van der Waals surface area (Å²) in [7, 11) is 3.78. The van der Waals surface area contributed by atoms with E-state index in [0.29, 0.717) is 0 Å². The SMILES string of the molecule is COc1ccc2c(N(C)c3ncnc4c3CCC4)cccc2c1. The molecule has 0 amide bonds. The molecule has 0 unspecified atom stereocenters. The van der Waals surface area contributed by atoms with E-state index in [1.165, 1.54) is 28.5 Å². The van der Waals surface area contributed by atoms with Crippen molar-refractivity contribution in [3.63, 3.8) is 0 Å². The molecule has 0 aliphatic heterocycles. The maximum atomic E-state index is 5.33. The molecule has 0 N–H and O–H groups in total. The first kappa shape index (κ1) is 14.0. The number of aryl methyl sites for hydroxylation is 1. The van der Waals surface area contributed by atoms with Crippen molar-refractivity contribution in [3.8, 4) is 5.75 Å². The van der Waals surface area contributed by atoms with E-state index < -0.39 is 0 Å². The third kappa shape index (κ3) is 2.31. The van der Waals surface area contributed by atoms with Gasteiger partial charge in [0, 0.05) is 29.4 Å². The van der Waals surface area contributed by atoms with Gasteiger partial charge >= 0.3 is 0 Å². The molecule has 116 valence electrons. The Morgan fingerprint density at radius 2 is 2.00 bits per heavy atom. The number of hydrogen-bond acceptors (Lipinski definition) is 4. The fourth-order valence-electron chi connectivity index (χ4n) is 3.41. The number of methoxy groups -OCH3 is 1. The van der Waals surface area contributed by atoms with Crippen LogP contribution in [0.4, 0.5) is 11.5 Å². The molecule has 3 aromatic rings. The van der Waals surface area contributed by atoms with Crippen LogP contribution < -0.4 is 9.64 Å². The summed E-state index contributed by atoms with van der Waals surface area (Å²) >= 11 is 0. The van der Waals surface area contributed by atoms with Gasteiger partial charge in [-0.3, -0.25) is 0 Å². The molecule has 0 fully saturated rings. The molecule has 1 heterocycles. The minimum absolute atomic E-state index is 0.875. The molecule has 0 saturated carbocycles. The highest BCUT2D eigenvalue weighted by Crippen LogP contribution is 2.35. The van der Waals surface area contributed by atoms with Crippen LogP contribution in [0.3, 0.4) is 0 Å². The van der Waals surface area contributed by atoms with Gasteiger partial charge in [0.05, 0.1) is 7.11 Å². The lowest BCUT2D eigenvalue weighted by molar-refractivity contribution is 0.415. The van der Waals surface area contributed by atoms with Gasteiger partial charge < -0.3 is 9.64 Å². The number of aromatic nitrogens is 2. The van der Waals surface area contributed by atoms with E-state index in [9.17, 15) is 0 Å². The third-order valence-electron chi connectivity index (χ3n) is 4.60. The Hall–Kier alpha value is -2.62. The highest BCUT2D eigenvalue weighted by atomic mass is 16.5. The second kappa shape index (κ2) is 5.54. The van der Waals surface area contributed by atoms with Crippen LogP contribution >= 0.6 is 0 Å². The Kier molecular flexibility index (Phi) is 3.37. The number of anilines is 2. The van der Waals surface area contributed by atoms with E-state index in [0.717, 1.165) is 30.1 Å². The highest BCUT2D eigenvalue weighted by molar-refractivity contribution is 5.96. The van der Waals surface area contributed by atoms with Gasteiger partial charge in [0.15, 0.2) is 0 Å². The van der Waals surface area contributed by atoms with Crippen molar-refractivity contribution >= 4 is 22.3 Å². The summed E-state index contributed by atoms with van der Waals surface area (Å²) in [5.41, 5.74) is 3.64. The minimum Gasteiger partial charge on any atom is -0.497 e. The average molecular weight is 305 g/mol. The van der Waals surface area contributed by atoms with Gasteiger partial charge in [0.1, 0.15) is 17.9 Å². The number of hydrogen-bond donors (Lipinski definition) is 0. The summed E-state index contributed by atoms with van der Waals surface area (Å²) in [6.07, 6.45) is 4.98. The molecule has 0 bridgehead atoms. The summed E-state index contributed by atoms with van der Waals surface area (Å²) in [4.78, 5) is 11.2. The first-order valence-electron chi connectivity index (χ1n) is 7.91. The highest BCUT2D eigenvalue weighted by Gasteiger charge is 2.20. The fraction of sp³-hybridized carbons (Fsp3) is 0.263. The summed E-state index contributed by atoms with van der Waals surface area (Å²) in [5.74, 6) is 1.90. The molecule has 1 aliphatic rings. The van der Waals surface area contributed by atoms with Gasteiger partial charge in [0.25, 0.3) is 0 Å². The van der Waals surface area contributed by atoms with Crippen molar-refractivity contribution in [1.29, 1.82) is 0 Å². The summed E-state index contributed by atoms with van der Waals surface area (Å²) < 4.78 is 5.33. The normalized spacial score (nSPS) is 13.1. The molecule has 0 saturated heterocycles. The van der Waals surface area contributed by atoms with Crippen molar-refractivity contribution in [2.24, 2.45) is 0 Å². The molecule has 4 heteroatoms. The first-order valence-corrected chi connectivity index (χ1v) is 7.91. The maximum Gasteiger partial charge on any atom is 0.139 e. The minimum atomic E-state index is 0.875. The van der Waals surface area contributed by atoms with Crippen LogP contribution in [0.5, 0.6) is 5.75 Å². The lowest BCUT2D eigenvalue weighted by Gasteiger charge is -2.22. The number of nitrogens with zero attached hydrogens (tertiary/aromatic N) is 3. The Morgan fingerprint density at radius 3 is 2.87 bits per heavy atom. The summed E-state index contributed by atoms with van der Waals surface area (Å²) in [6.45, 7) is 0. The van der Waals surface area contributed by atoms with Crippen LogP contribution in [0.2, 0.25) is 0 Å². The molecule has 23 heavy (non-hydrogen) atoms. The zero-order chi connectivity index (χ0) is 15.8. The van der Waals surface area contributed by atoms with E-state index >= 15 is 0 Å².